The Morgan fingerprint density at radius 3 is 2.78 bits per heavy atom. The van der Waals surface area contributed by atoms with Gasteiger partial charge in [-0.3, -0.25) is 9.78 Å². The smallest absolute Gasteiger partial charge is 0.277 e. The van der Waals surface area contributed by atoms with E-state index in [2.05, 4.69) is 15.5 Å². The molecule has 3 rings (SSSR count). The number of pyridine rings is 1. The van der Waals surface area contributed by atoms with E-state index in [4.69, 9.17) is 14.2 Å². The summed E-state index contributed by atoms with van der Waals surface area (Å²) < 4.78 is 16.0. The predicted molar refractivity (Wildman–Crippen MR) is 103 cm³/mol. The second-order valence-electron chi connectivity index (χ2n) is 5.52. The van der Waals surface area contributed by atoms with Crippen LogP contribution in [-0.4, -0.2) is 37.9 Å². The summed E-state index contributed by atoms with van der Waals surface area (Å²) in [6.45, 7) is -0.178. The van der Waals surface area contributed by atoms with Gasteiger partial charge in [0.2, 0.25) is 0 Å². The monoisotopic (exact) mass is 365 g/mol. The maximum absolute atomic E-state index is 12.0. The molecule has 1 N–H and O–H groups in total. The maximum atomic E-state index is 12.0. The van der Waals surface area contributed by atoms with E-state index in [9.17, 15) is 4.79 Å². The number of ether oxygens (including phenoxy) is 3. The molecule has 27 heavy (non-hydrogen) atoms. The number of aromatic nitrogens is 1. The van der Waals surface area contributed by atoms with Gasteiger partial charge in [0, 0.05) is 17.1 Å². The van der Waals surface area contributed by atoms with Crippen molar-refractivity contribution in [3.05, 3.63) is 60.3 Å². The van der Waals surface area contributed by atoms with Gasteiger partial charge < -0.3 is 14.2 Å². The van der Waals surface area contributed by atoms with Gasteiger partial charge in [0.25, 0.3) is 5.91 Å². The highest BCUT2D eigenvalue weighted by Crippen LogP contribution is 2.23. The van der Waals surface area contributed by atoms with Crippen LogP contribution in [-0.2, 0) is 4.79 Å². The topological polar surface area (TPSA) is 82.0 Å². The summed E-state index contributed by atoms with van der Waals surface area (Å²) in [5, 5.41) is 4.89. The number of hydrogen-bond donors (Lipinski definition) is 1. The molecule has 3 aromatic rings. The van der Waals surface area contributed by atoms with E-state index in [0.717, 1.165) is 5.39 Å². The first kappa shape index (κ1) is 18.2. The third kappa shape index (κ3) is 4.52. The van der Waals surface area contributed by atoms with Crippen molar-refractivity contribution in [1.82, 2.24) is 10.4 Å². The quantitative estimate of drug-likeness (QED) is 0.514. The molecule has 7 nitrogen and oxygen atoms in total. The Labute approximate surface area is 156 Å². The van der Waals surface area contributed by atoms with Crippen LogP contribution in [0.2, 0.25) is 0 Å². The van der Waals surface area contributed by atoms with E-state index in [-0.39, 0.29) is 12.5 Å². The van der Waals surface area contributed by atoms with Crippen LogP contribution in [0.25, 0.3) is 10.9 Å². The molecule has 0 saturated carbocycles. The standard InChI is InChI=1S/C20H19N3O4/c1-25-16-8-9-17(26-2)15(11-16)12-22-23-19(24)13-27-18-7-3-5-14-6-4-10-21-20(14)18/h3-12H,13H2,1-2H3,(H,23,24)/b22-12-. The molecule has 0 fully saturated rings. The summed E-state index contributed by atoms with van der Waals surface area (Å²) in [6.07, 6.45) is 3.17. The second-order valence-corrected chi connectivity index (χ2v) is 5.52. The molecule has 0 aliphatic heterocycles. The minimum atomic E-state index is -0.388. The Hall–Kier alpha value is -3.61. The molecule has 1 amide bonds. The average molecular weight is 365 g/mol. The third-order valence-corrected chi connectivity index (χ3v) is 3.78. The summed E-state index contributed by atoms with van der Waals surface area (Å²) in [5.41, 5.74) is 3.81. The van der Waals surface area contributed by atoms with Crippen molar-refractivity contribution in [1.29, 1.82) is 0 Å². The first-order chi connectivity index (χ1) is 13.2. The number of carbonyl (C=O) groups excluding carboxylic acids is 1. The molecule has 2 aromatic carbocycles. The number of hydrogen-bond acceptors (Lipinski definition) is 6. The van der Waals surface area contributed by atoms with E-state index in [1.54, 1.807) is 44.7 Å². The number of amides is 1. The van der Waals surface area contributed by atoms with E-state index < -0.39 is 0 Å². The summed E-state index contributed by atoms with van der Waals surface area (Å²) >= 11 is 0. The fourth-order valence-corrected chi connectivity index (χ4v) is 2.48. The molecule has 0 unspecified atom stereocenters. The Bertz CT molecular complexity index is 967. The average Bonchev–Trinajstić information content (AvgIpc) is 2.72. The number of fused-ring (bicyclic) bond motifs is 1. The summed E-state index contributed by atoms with van der Waals surface area (Å²) in [4.78, 5) is 16.3. The fourth-order valence-electron chi connectivity index (χ4n) is 2.48. The van der Waals surface area contributed by atoms with Crippen LogP contribution < -0.4 is 19.6 Å². The van der Waals surface area contributed by atoms with Crippen molar-refractivity contribution in [2.45, 2.75) is 0 Å². The Morgan fingerprint density at radius 2 is 1.96 bits per heavy atom. The largest absolute Gasteiger partial charge is 0.497 e. The summed E-state index contributed by atoms with van der Waals surface area (Å²) in [5.74, 6) is 1.44. The molecule has 0 aliphatic carbocycles. The molecule has 0 spiro atoms. The number of nitrogens with one attached hydrogen (secondary N) is 1. The van der Waals surface area contributed by atoms with Crippen LogP contribution in [0.15, 0.2) is 59.8 Å². The normalized spacial score (nSPS) is 10.7. The first-order valence-corrected chi connectivity index (χ1v) is 8.21. The molecule has 138 valence electrons. The van der Waals surface area contributed by atoms with Crippen LogP contribution in [0, 0.1) is 0 Å². The highest BCUT2D eigenvalue weighted by Gasteiger charge is 2.07. The number of hydrazone groups is 1. The van der Waals surface area contributed by atoms with Gasteiger partial charge in [-0.1, -0.05) is 18.2 Å². The van der Waals surface area contributed by atoms with E-state index in [0.29, 0.717) is 28.3 Å². The minimum absolute atomic E-state index is 0.178. The Balaban J connectivity index is 1.61. The lowest BCUT2D eigenvalue weighted by Gasteiger charge is -2.08. The number of para-hydroxylation sites is 1. The van der Waals surface area contributed by atoms with Gasteiger partial charge in [0.1, 0.15) is 22.8 Å². The molecule has 1 heterocycles. The van der Waals surface area contributed by atoms with Crippen molar-refractivity contribution in [2.75, 3.05) is 20.8 Å². The fraction of sp³-hybridized carbons (Fsp3) is 0.150. The SMILES string of the molecule is COc1ccc(OC)c(/C=N\NC(=O)COc2cccc3cccnc23)c1. The molecule has 0 bridgehead atoms. The van der Waals surface area contributed by atoms with Crippen LogP contribution in [0.5, 0.6) is 17.2 Å². The molecule has 0 atom stereocenters. The minimum Gasteiger partial charge on any atom is -0.497 e. The zero-order chi connectivity index (χ0) is 19.1. The lowest BCUT2D eigenvalue weighted by atomic mass is 10.2. The van der Waals surface area contributed by atoms with Gasteiger partial charge in [-0.05, 0) is 30.3 Å². The van der Waals surface area contributed by atoms with Gasteiger partial charge in [0.05, 0.1) is 20.4 Å². The highest BCUT2D eigenvalue weighted by atomic mass is 16.5. The van der Waals surface area contributed by atoms with Gasteiger partial charge in [-0.2, -0.15) is 5.10 Å². The predicted octanol–water partition coefficient (Wildman–Crippen LogP) is 2.78. The Morgan fingerprint density at radius 1 is 1.11 bits per heavy atom. The number of rotatable bonds is 7. The molecule has 0 saturated heterocycles. The van der Waals surface area contributed by atoms with Crippen LogP contribution in [0.3, 0.4) is 0 Å². The van der Waals surface area contributed by atoms with E-state index >= 15 is 0 Å². The molecule has 7 heteroatoms. The zero-order valence-electron chi connectivity index (χ0n) is 15.0. The van der Waals surface area contributed by atoms with E-state index in [1.165, 1.54) is 6.21 Å². The molecule has 0 aliphatic rings. The molecular weight excluding hydrogens is 346 g/mol. The van der Waals surface area contributed by atoms with Crippen molar-refractivity contribution in [3.63, 3.8) is 0 Å². The van der Waals surface area contributed by atoms with Crippen molar-refractivity contribution in [2.24, 2.45) is 5.10 Å². The Kier molecular flexibility index (Phi) is 5.84. The lowest BCUT2D eigenvalue weighted by molar-refractivity contribution is -0.123. The number of carbonyl (C=O) groups is 1. The molecule has 0 radical (unpaired) electrons. The lowest BCUT2D eigenvalue weighted by Crippen LogP contribution is -2.24. The summed E-state index contributed by atoms with van der Waals surface area (Å²) in [7, 11) is 3.13. The van der Waals surface area contributed by atoms with Crippen LogP contribution in [0.1, 0.15) is 5.56 Å². The molecular formula is C20H19N3O4. The number of nitrogens with zero attached hydrogens (tertiary/aromatic N) is 2. The van der Waals surface area contributed by atoms with Gasteiger partial charge >= 0.3 is 0 Å². The van der Waals surface area contributed by atoms with E-state index in [1.807, 2.05) is 24.3 Å². The zero-order valence-corrected chi connectivity index (χ0v) is 15.0. The number of methoxy groups -OCH3 is 2. The molecule has 1 aromatic heterocycles. The van der Waals surface area contributed by atoms with Gasteiger partial charge in [-0.15, -0.1) is 0 Å². The summed E-state index contributed by atoms with van der Waals surface area (Å²) in [6, 6.07) is 14.6. The highest BCUT2D eigenvalue weighted by molar-refractivity contribution is 5.87. The van der Waals surface area contributed by atoms with Crippen LogP contribution >= 0.6 is 0 Å². The first-order valence-electron chi connectivity index (χ1n) is 8.21. The second kappa shape index (κ2) is 8.66. The van der Waals surface area contributed by atoms with Crippen molar-refractivity contribution in [3.8, 4) is 17.2 Å². The third-order valence-electron chi connectivity index (χ3n) is 3.78. The van der Waals surface area contributed by atoms with Gasteiger partial charge in [-0.25, -0.2) is 5.43 Å². The van der Waals surface area contributed by atoms with Crippen molar-refractivity contribution < 1.29 is 19.0 Å². The van der Waals surface area contributed by atoms with Gasteiger partial charge in [0.15, 0.2) is 6.61 Å². The maximum Gasteiger partial charge on any atom is 0.277 e. The number of benzene rings is 2. The van der Waals surface area contributed by atoms with Crippen LogP contribution in [0.4, 0.5) is 0 Å². The van der Waals surface area contributed by atoms with Crippen molar-refractivity contribution >= 4 is 23.0 Å².